The smallest absolute Gasteiger partial charge is 0.333 e. The fourth-order valence-electron chi connectivity index (χ4n) is 4.47. The first-order valence-corrected chi connectivity index (χ1v) is 13.7. The fourth-order valence-corrected chi connectivity index (χ4v) is 5.67. The quantitative estimate of drug-likeness (QED) is 0.401. The Labute approximate surface area is 222 Å². The third-order valence-corrected chi connectivity index (χ3v) is 7.92. The van der Waals surface area contributed by atoms with Gasteiger partial charge in [-0.1, -0.05) is 6.92 Å². The molecule has 0 bridgehead atoms. The van der Waals surface area contributed by atoms with E-state index in [0.717, 1.165) is 13.0 Å². The van der Waals surface area contributed by atoms with Gasteiger partial charge < -0.3 is 25.0 Å². The van der Waals surface area contributed by atoms with Crippen LogP contribution in [0.4, 0.5) is 0 Å². The Balaban J connectivity index is 1.99. The molecule has 2 aromatic carbocycles. The molecule has 11 nitrogen and oxygen atoms in total. The average Bonchev–Trinajstić information content (AvgIpc) is 2.90. The molecule has 1 atom stereocenters. The zero-order valence-corrected chi connectivity index (χ0v) is 22.8. The predicted octanol–water partition coefficient (Wildman–Crippen LogP) is 1.33. The summed E-state index contributed by atoms with van der Waals surface area (Å²) in [4.78, 5) is 41.0. The van der Waals surface area contributed by atoms with Gasteiger partial charge in [-0.05, 0) is 74.0 Å². The van der Waals surface area contributed by atoms with E-state index in [4.69, 9.17) is 15.2 Å². The van der Waals surface area contributed by atoms with Gasteiger partial charge in [0.2, 0.25) is 15.9 Å². The van der Waals surface area contributed by atoms with Crippen LogP contribution in [0.1, 0.15) is 51.2 Å². The summed E-state index contributed by atoms with van der Waals surface area (Å²) in [6, 6.07) is 7.56. The summed E-state index contributed by atoms with van der Waals surface area (Å²) in [5.74, 6) is -1.67. The lowest BCUT2D eigenvalue weighted by atomic mass is 9.91. The SMILES string of the molecule is CCCN(C)CCNS(=O)(=O)c1cc2c(cc1OC)CCN(C(=O)c1ccc(C(N)=O)cc1)C2C(=O)OC. The van der Waals surface area contributed by atoms with E-state index >= 15 is 0 Å². The molecule has 0 aliphatic carbocycles. The Morgan fingerprint density at radius 1 is 1.11 bits per heavy atom. The topological polar surface area (TPSA) is 148 Å². The number of benzene rings is 2. The Morgan fingerprint density at radius 2 is 1.76 bits per heavy atom. The van der Waals surface area contributed by atoms with Crippen LogP contribution in [0.15, 0.2) is 41.3 Å². The first-order valence-electron chi connectivity index (χ1n) is 12.2. The molecule has 12 heteroatoms. The maximum absolute atomic E-state index is 13.4. The molecule has 0 fully saturated rings. The highest BCUT2D eigenvalue weighted by atomic mass is 32.2. The Hall–Kier alpha value is -3.48. The van der Waals surface area contributed by atoms with Crippen molar-refractivity contribution in [1.29, 1.82) is 0 Å². The largest absolute Gasteiger partial charge is 0.495 e. The Kier molecular flexibility index (Phi) is 9.47. The number of rotatable bonds is 11. The van der Waals surface area contributed by atoms with Crippen LogP contribution in [0.3, 0.4) is 0 Å². The van der Waals surface area contributed by atoms with Crippen molar-refractivity contribution in [3.63, 3.8) is 0 Å². The van der Waals surface area contributed by atoms with Gasteiger partial charge in [-0.3, -0.25) is 9.59 Å². The second kappa shape index (κ2) is 12.4. The number of fused-ring (bicyclic) bond motifs is 1. The third kappa shape index (κ3) is 6.32. The minimum atomic E-state index is -4.01. The molecular weight excluding hydrogens is 512 g/mol. The number of amides is 2. The van der Waals surface area contributed by atoms with E-state index in [1.165, 1.54) is 49.5 Å². The zero-order chi connectivity index (χ0) is 28.0. The molecule has 206 valence electrons. The highest BCUT2D eigenvalue weighted by Crippen LogP contribution is 2.37. The molecule has 0 spiro atoms. The standard InChI is InChI=1S/C26H34N4O7S/c1-5-12-29(2)14-11-28-38(34,35)22-16-20-19(15-21(22)36-3)10-13-30(23(20)26(33)37-4)25(32)18-8-6-17(7-9-18)24(27)31/h6-9,15-16,23,28H,5,10-14H2,1-4H3,(H2,27,31). The molecule has 0 radical (unpaired) electrons. The maximum atomic E-state index is 13.4. The molecule has 1 aliphatic rings. The number of sulfonamides is 1. The molecule has 0 aromatic heterocycles. The van der Waals surface area contributed by atoms with Gasteiger partial charge in [-0.2, -0.15) is 0 Å². The summed E-state index contributed by atoms with van der Waals surface area (Å²) in [6.45, 7) is 3.76. The van der Waals surface area contributed by atoms with Gasteiger partial charge in [-0.15, -0.1) is 0 Å². The summed E-state index contributed by atoms with van der Waals surface area (Å²) in [5, 5.41) is 0. The second-order valence-corrected chi connectivity index (χ2v) is 10.8. The number of primary amides is 1. The van der Waals surface area contributed by atoms with Gasteiger partial charge in [0.25, 0.3) is 5.91 Å². The van der Waals surface area contributed by atoms with E-state index in [1.807, 2.05) is 18.9 Å². The average molecular weight is 547 g/mol. The number of nitrogens with zero attached hydrogens (tertiary/aromatic N) is 2. The predicted molar refractivity (Wildman–Crippen MR) is 140 cm³/mol. The van der Waals surface area contributed by atoms with Gasteiger partial charge in [-0.25, -0.2) is 17.9 Å². The minimum absolute atomic E-state index is 0.133. The Morgan fingerprint density at radius 3 is 2.34 bits per heavy atom. The van der Waals surface area contributed by atoms with Crippen LogP contribution >= 0.6 is 0 Å². The number of carbonyl (C=O) groups excluding carboxylic acids is 3. The van der Waals surface area contributed by atoms with E-state index < -0.39 is 33.8 Å². The fraction of sp³-hybridized carbons (Fsp3) is 0.423. The van der Waals surface area contributed by atoms with Crippen molar-refractivity contribution in [3.8, 4) is 5.75 Å². The minimum Gasteiger partial charge on any atom is -0.495 e. The lowest BCUT2D eigenvalue weighted by Gasteiger charge is -2.36. The number of ether oxygens (including phenoxy) is 2. The van der Waals surface area contributed by atoms with Crippen molar-refractivity contribution >= 4 is 27.8 Å². The summed E-state index contributed by atoms with van der Waals surface area (Å²) in [6.07, 6.45) is 1.31. The normalized spacial score (nSPS) is 15.2. The number of likely N-dealkylation sites (N-methyl/N-ethyl adjacent to an activating group) is 1. The summed E-state index contributed by atoms with van der Waals surface area (Å²) in [7, 11) is 0.483. The lowest BCUT2D eigenvalue weighted by molar-refractivity contribution is -0.146. The number of nitrogens with one attached hydrogen (secondary N) is 1. The van der Waals surface area contributed by atoms with E-state index in [9.17, 15) is 22.8 Å². The molecule has 0 saturated carbocycles. The van der Waals surface area contributed by atoms with Gasteiger partial charge in [0, 0.05) is 30.8 Å². The van der Waals surface area contributed by atoms with Crippen LogP contribution < -0.4 is 15.2 Å². The third-order valence-electron chi connectivity index (χ3n) is 6.44. The molecule has 2 aromatic rings. The van der Waals surface area contributed by atoms with E-state index in [-0.39, 0.29) is 34.9 Å². The van der Waals surface area contributed by atoms with Crippen molar-refractivity contribution in [2.45, 2.75) is 30.7 Å². The molecule has 3 N–H and O–H groups in total. The van der Waals surface area contributed by atoms with Crippen LogP contribution in [0, 0.1) is 0 Å². The molecular formula is C26H34N4O7S. The van der Waals surface area contributed by atoms with Gasteiger partial charge in [0.05, 0.1) is 14.2 Å². The van der Waals surface area contributed by atoms with Crippen molar-refractivity contribution in [3.05, 3.63) is 58.7 Å². The van der Waals surface area contributed by atoms with Gasteiger partial charge >= 0.3 is 5.97 Å². The molecule has 38 heavy (non-hydrogen) atoms. The first kappa shape index (κ1) is 29.1. The number of hydrogen-bond donors (Lipinski definition) is 2. The maximum Gasteiger partial charge on any atom is 0.333 e. The number of methoxy groups -OCH3 is 2. The summed E-state index contributed by atoms with van der Waals surface area (Å²) >= 11 is 0. The van der Waals surface area contributed by atoms with Crippen molar-refractivity contribution in [1.82, 2.24) is 14.5 Å². The lowest BCUT2D eigenvalue weighted by Crippen LogP contribution is -2.44. The van der Waals surface area contributed by atoms with Crippen LogP contribution in [-0.4, -0.2) is 83.4 Å². The molecule has 2 amide bonds. The van der Waals surface area contributed by atoms with E-state index in [0.29, 0.717) is 24.1 Å². The molecule has 1 heterocycles. The number of esters is 1. The monoisotopic (exact) mass is 546 g/mol. The highest BCUT2D eigenvalue weighted by molar-refractivity contribution is 7.89. The summed E-state index contributed by atoms with van der Waals surface area (Å²) in [5.41, 5.74) is 6.78. The molecule has 1 aliphatic heterocycles. The number of hydrogen-bond acceptors (Lipinski definition) is 8. The Bertz CT molecular complexity index is 1300. The highest BCUT2D eigenvalue weighted by Gasteiger charge is 2.39. The van der Waals surface area contributed by atoms with Crippen molar-refractivity contribution < 1.29 is 32.3 Å². The summed E-state index contributed by atoms with van der Waals surface area (Å²) < 4.78 is 39.5. The van der Waals surface area contributed by atoms with Crippen molar-refractivity contribution in [2.24, 2.45) is 5.73 Å². The number of carbonyl (C=O) groups is 3. The van der Waals surface area contributed by atoms with E-state index in [2.05, 4.69) is 4.72 Å². The first-order chi connectivity index (χ1) is 18.0. The zero-order valence-electron chi connectivity index (χ0n) is 22.0. The molecule has 0 saturated heterocycles. The van der Waals surface area contributed by atoms with Gasteiger partial charge in [0.1, 0.15) is 10.6 Å². The van der Waals surface area contributed by atoms with Gasteiger partial charge in [0.15, 0.2) is 6.04 Å². The van der Waals surface area contributed by atoms with Crippen LogP contribution in [0.2, 0.25) is 0 Å². The van der Waals surface area contributed by atoms with Crippen LogP contribution in [0.25, 0.3) is 0 Å². The van der Waals surface area contributed by atoms with Crippen molar-refractivity contribution in [2.75, 3.05) is 47.4 Å². The number of nitrogens with two attached hydrogens (primary N) is 1. The molecule has 1 unspecified atom stereocenters. The molecule has 3 rings (SSSR count). The van der Waals surface area contributed by atoms with Crippen LogP contribution in [0.5, 0.6) is 5.75 Å². The second-order valence-electron chi connectivity index (χ2n) is 9.02. The van der Waals surface area contributed by atoms with E-state index in [1.54, 1.807) is 6.07 Å². The van der Waals surface area contributed by atoms with Crippen LogP contribution in [-0.2, 0) is 26.0 Å².